The van der Waals surface area contributed by atoms with Gasteiger partial charge in [0.25, 0.3) is 5.91 Å². The highest BCUT2D eigenvalue weighted by atomic mass is 16.2. The van der Waals surface area contributed by atoms with Gasteiger partial charge in [-0.25, -0.2) is 4.79 Å². The first-order chi connectivity index (χ1) is 11.6. The molecule has 0 aliphatic carbocycles. The number of imide groups is 1. The molecule has 8 heteroatoms. The molecule has 0 unspecified atom stereocenters. The fourth-order valence-corrected chi connectivity index (χ4v) is 2.45. The standard InChI is InChI=1S/C16H17N5O3/c22-14(6-5-13-15(23)20-16(24)19-13)17-9-10-1-3-11(4-2-10)12-7-8-18-21-12/h1-4,7-8,13H,5-6,9H2,(H,17,22)(H,18,21)(H2,19,20,23,24)/t13-/m1/s1. The summed E-state index contributed by atoms with van der Waals surface area (Å²) in [6.07, 6.45) is 2.14. The molecule has 1 aliphatic heterocycles. The van der Waals surface area contributed by atoms with Crippen molar-refractivity contribution < 1.29 is 14.4 Å². The topological polar surface area (TPSA) is 116 Å². The average Bonchev–Trinajstić information content (AvgIpc) is 3.21. The summed E-state index contributed by atoms with van der Waals surface area (Å²) in [6.45, 7) is 0.408. The van der Waals surface area contributed by atoms with Gasteiger partial charge >= 0.3 is 6.03 Å². The van der Waals surface area contributed by atoms with Crippen LogP contribution in [0.15, 0.2) is 36.5 Å². The van der Waals surface area contributed by atoms with E-state index in [9.17, 15) is 14.4 Å². The van der Waals surface area contributed by atoms with E-state index in [1.54, 1.807) is 6.20 Å². The van der Waals surface area contributed by atoms with Gasteiger partial charge in [-0.1, -0.05) is 24.3 Å². The zero-order valence-electron chi connectivity index (χ0n) is 12.8. The number of H-pyrrole nitrogens is 1. The summed E-state index contributed by atoms with van der Waals surface area (Å²) in [5, 5.41) is 14.2. The highest BCUT2D eigenvalue weighted by Crippen LogP contribution is 2.16. The lowest BCUT2D eigenvalue weighted by molar-refractivity contribution is -0.122. The first-order valence-electron chi connectivity index (χ1n) is 7.58. The first kappa shape index (κ1) is 15.7. The molecule has 1 aliphatic rings. The number of carbonyl (C=O) groups is 3. The lowest BCUT2D eigenvalue weighted by Gasteiger charge is -2.08. The molecule has 1 aromatic carbocycles. The van der Waals surface area contributed by atoms with Crippen molar-refractivity contribution in [3.63, 3.8) is 0 Å². The van der Waals surface area contributed by atoms with E-state index in [4.69, 9.17) is 0 Å². The highest BCUT2D eigenvalue weighted by Gasteiger charge is 2.29. The normalized spacial score (nSPS) is 16.6. The van der Waals surface area contributed by atoms with Crippen LogP contribution in [-0.2, 0) is 16.1 Å². The molecule has 2 heterocycles. The third-order valence-electron chi connectivity index (χ3n) is 3.77. The number of nitrogens with zero attached hydrogens (tertiary/aromatic N) is 1. The van der Waals surface area contributed by atoms with Crippen molar-refractivity contribution in [3.05, 3.63) is 42.1 Å². The van der Waals surface area contributed by atoms with Gasteiger partial charge in [0.1, 0.15) is 6.04 Å². The Hall–Kier alpha value is -3.16. The molecular weight excluding hydrogens is 310 g/mol. The van der Waals surface area contributed by atoms with E-state index in [0.717, 1.165) is 16.8 Å². The molecule has 4 N–H and O–H groups in total. The maximum atomic E-state index is 11.8. The minimum atomic E-state index is -0.628. The summed E-state index contributed by atoms with van der Waals surface area (Å²) in [7, 11) is 0. The van der Waals surface area contributed by atoms with Crippen LogP contribution in [0, 0.1) is 0 Å². The largest absolute Gasteiger partial charge is 0.352 e. The maximum Gasteiger partial charge on any atom is 0.322 e. The van der Waals surface area contributed by atoms with E-state index in [1.807, 2.05) is 30.3 Å². The van der Waals surface area contributed by atoms with Crippen molar-refractivity contribution >= 4 is 17.8 Å². The Morgan fingerprint density at radius 3 is 2.58 bits per heavy atom. The summed E-state index contributed by atoms with van der Waals surface area (Å²) < 4.78 is 0. The number of rotatable bonds is 6. The molecule has 0 radical (unpaired) electrons. The van der Waals surface area contributed by atoms with Gasteiger partial charge in [0.15, 0.2) is 0 Å². The minimum absolute atomic E-state index is 0.165. The SMILES string of the molecule is O=C(CC[C@H]1NC(=O)NC1=O)NCc1ccc(-c2ccn[nH]2)cc1. The van der Waals surface area contributed by atoms with E-state index in [2.05, 4.69) is 26.1 Å². The number of benzene rings is 1. The molecule has 1 aromatic heterocycles. The molecule has 1 atom stereocenters. The zero-order chi connectivity index (χ0) is 16.9. The molecule has 8 nitrogen and oxygen atoms in total. The quantitative estimate of drug-likeness (QED) is 0.584. The fourth-order valence-electron chi connectivity index (χ4n) is 2.45. The minimum Gasteiger partial charge on any atom is -0.352 e. The van der Waals surface area contributed by atoms with E-state index in [1.165, 1.54) is 0 Å². The van der Waals surface area contributed by atoms with Crippen molar-refractivity contribution in [2.75, 3.05) is 0 Å². The molecule has 0 bridgehead atoms. The van der Waals surface area contributed by atoms with Gasteiger partial charge in [-0.3, -0.25) is 20.0 Å². The number of amides is 4. The zero-order valence-corrected chi connectivity index (χ0v) is 12.8. The third kappa shape index (κ3) is 3.78. The average molecular weight is 327 g/mol. The Labute approximate surface area is 138 Å². The van der Waals surface area contributed by atoms with Crippen LogP contribution in [0.4, 0.5) is 4.79 Å². The Morgan fingerprint density at radius 2 is 1.96 bits per heavy atom. The van der Waals surface area contributed by atoms with Gasteiger partial charge in [-0.05, 0) is 23.6 Å². The Kier molecular flexibility index (Phi) is 4.55. The second-order valence-corrected chi connectivity index (χ2v) is 5.50. The van der Waals surface area contributed by atoms with Crippen LogP contribution in [0.1, 0.15) is 18.4 Å². The first-order valence-corrected chi connectivity index (χ1v) is 7.58. The van der Waals surface area contributed by atoms with E-state index in [0.29, 0.717) is 6.54 Å². The number of aromatic amines is 1. The number of nitrogens with one attached hydrogen (secondary N) is 4. The van der Waals surface area contributed by atoms with Crippen LogP contribution in [0.2, 0.25) is 0 Å². The number of carbonyl (C=O) groups excluding carboxylic acids is 3. The molecule has 0 saturated carbocycles. The lowest BCUT2D eigenvalue weighted by Crippen LogP contribution is -2.31. The monoisotopic (exact) mass is 327 g/mol. The van der Waals surface area contributed by atoms with Crippen LogP contribution < -0.4 is 16.0 Å². The molecule has 124 valence electrons. The molecule has 3 rings (SSSR count). The second kappa shape index (κ2) is 6.95. The smallest absolute Gasteiger partial charge is 0.322 e. The van der Waals surface area contributed by atoms with Crippen LogP contribution in [0.25, 0.3) is 11.3 Å². The van der Waals surface area contributed by atoms with Gasteiger partial charge < -0.3 is 10.6 Å². The summed E-state index contributed by atoms with van der Waals surface area (Å²) in [5.41, 5.74) is 2.92. The summed E-state index contributed by atoms with van der Waals surface area (Å²) in [6, 6.07) is 8.51. The van der Waals surface area contributed by atoms with Crippen molar-refractivity contribution in [2.24, 2.45) is 0 Å². The number of hydrogen-bond acceptors (Lipinski definition) is 4. The van der Waals surface area contributed by atoms with Crippen LogP contribution >= 0.6 is 0 Å². The van der Waals surface area contributed by atoms with E-state index in [-0.39, 0.29) is 24.7 Å². The van der Waals surface area contributed by atoms with Gasteiger partial charge in [0.05, 0.1) is 5.69 Å². The fraction of sp³-hybridized carbons (Fsp3) is 0.250. The summed E-state index contributed by atoms with van der Waals surface area (Å²) >= 11 is 0. The van der Waals surface area contributed by atoms with Gasteiger partial charge in [0.2, 0.25) is 5.91 Å². The van der Waals surface area contributed by atoms with Crippen molar-refractivity contribution in [1.29, 1.82) is 0 Å². The molecule has 1 saturated heterocycles. The maximum absolute atomic E-state index is 11.8. The molecule has 2 aromatic rings. The Morgan fingerprint density at radius 1 is 1.17 bits per heavy atom. The van der Waals surface area contributed by atoms with Crippen molar-refractivity contribution in [1.82, 2.24) is 26.1 Å². The molecule has 4 amide bonds. The number of aromatic nitrogens is 2. The molecule has 1 fully saturated rings. The molecule has 24 heavy (non-hydrogen) atoms. The second-order valence-electron chi connectivity index (χ2n) is 5.50. The van der Waals surface area contributed by atoms with Crippen LogP contribution in [0.3, 0.4) is 0 Å². The third-order valence-corrected chi connectivity index (χ3v) is 3.77. The van der Waals surface area contributed by atoms with Crippen LogP contribution in [0.5, 0.6) is 0 Å². The van der Waals surface area contributed by atoms with Gasteiger partial charge in [0, 0.05) is 19.2 Å². The van der Waals surface area contributed by atoms with Gasteiger partial charge in [-0.2, -0.15) is 5.10 Å². The lowest BCUT2D eigenvalue weighted by atomic mass is 10.1. The number of urea groups is 1. The summed E-state index contributed by atoms with van der Waals surface area (Å²) in [5.74, 6) is -0.552. The van der Waals surface area contributed by atoms with Crippen LogP contribution in [-0.4, -0.2) is 34.1 Å². The predicted octanol–water partition coefficient (Wildman–Crippen LogP) is 0.681. The predicted molar refractivity (Wildman–Crippen MR) is 85.6 cm³/mol. The molecular formula is C16H17N5O3. The van der Waals surface area contributed by atoms with E-state index >= 15 is 0 Å². The number of hydrogen-bond donors (Lipinski definition) is 4. The van der Waals surface area contributed by atoms with Crippen molar-refractivity contribution in [2.45, 2.75) is 25.4 Å². The Bertz CT molecular complexity index is 740. The van der Waals surface area contributed by atoms with E-state index < -0.39 is 12.1 Å². The molecule has 0 spiro atoms. The Balaban J connectivity index is 1.44. The highest BCUT2D eigenvalue weighted by molar-refractivity contribution is 6.04. The summed E-state index contributed by atoms with van der Waals surface area (Å²) in [4.78, 5) is 34.2. The van der Waals surface area contributed by atoms with Gasteiger partial charge in [-0.15, -0.1) is 0 Å². The van der Waals surface area contributed by atoms with Crippen molar-refractivity contribution in [3.8, 4) is 11.3 Å².